The molecule has 1 aliphatic rings. The molecule has 0 bridgehead atoms. The molecule has 1 aromatic carbocycles. The molecule has 2 aromatic heterocycles. The Labute approximate surface area is 159 Å². The Balaban J connectivity index is 1.55. The minimum Gasteiger partial charge on any atom is -0.496 e. The highest BCUT2D eigenvalue weighted by Crippen LogP contribution is 2.27. The van der Waals surface area contributed by atoms with Crippen molar-refractivity contribution in [3.05, 3.63) is 71.3 Å². The van der Waals surface area contributed by atoms with Crippen LogP contribution in [0.15, 0.2) is 48.9 Å². The van der Waals surface area contributed by atoms with Crippen molar-refractivity contribution >= 4 is 11.6 Å². The first kappa shape index (κ1) is 17.3. The maximum Gasteiger partial charge on any atom is 0.134 e. The van der Waals surface area contributed by atoms with Crippen LogP contribution in [0, 0.1) is 6.92 Å². The first-order valence-electron chi connectivity index (χ1n) is 9.10. The topological polar surface area (TPSA) is 63.2 Å². The number of fused-ring (bicyclic) bond motifs is 1. The van der Waals surface area contributed by atoms with Gasteiger partial charge >= 0.3 is 0 Å². The predicted molar refractivity (Wildman–Crippen MR) is 106 cm³/mol. The molecule has 6 heteroatoms. The lowest BCUT2D eigenvalue weighted by atomic mass is 10.1. The molecule has 0 unspecified atom stereocenters. The van der Waals surface area contributed by atoms with Gasteiger partial charge in [-0.2, -0.15) is 0 Å². The van der Waals surface area contributed by atoms with Crippen LogP contribution in [-0.4, -0.2) is 28.6 Å². The molecule has 0 aliphatic carbocycles. The van der Waals surface area contributed by atoms with Crippen molar-refractivity contribution < 1.29 is 4.74 Å². The lowest BCUT2D eigenvalue weighted by molar-refractivity contribution is 0.410. The summed E-state index contributed by atoms with van der Waals surface area (Å²) < 4.78 is 5.44. The Kier molecular flexibility index (Phi) is 4.87. The second-order valence-electron chi connectivity index (χ2n) is 6.68. The number of anilines is 2. The van der Waals surface area contributed by atoms with E-state index >= 15 is 0 Å². The molecule has 0 saturated carbocycles. The van der Waals surface area contributed by atoms with Crippen LogP contribution in [0.5, 0.6) is 5.75 Å². The van der Waals surface area contributed by atoms with E-state index in [4.69, 9.17) is 4.74 Å². The molecule has 3 aromatic rings. The van der Waals surface area contributed by atoms with E-state index in [1.54, 1.807) is 13.4 Å². The van der Waals surface area contributed by atoms with Crippen LogP contribution in [0.4, 0.5) is 11.6 Å². The van der Waals surface area contributed by atoms with Gasteiger partial charge in [0.1, 0.15) is 23.7 Å². The number of hydrogen-bond acceptors (Lipinski definition) is 6. The minimum atomic E-state index is 0.649. The van der Waals surface area contributed by atoms with Gasteiger partial charge in [-0.25, -0.2) is 15.0 Å². The van der Waals surface area contributed by atoms with Crippen molar-refractivity contribution in [2.75, 3.05) is 23.9 Å². The van der Waals surface area contributed by atoms with Crippen LogP contribution < -0.4 is 15.0 Å². The average molecular weight is 361 g/mol. The molecule has 6 nitrogen and oxygen atoms in total. The van der Waals surface area contributed by atoms with Crippen molar-refractivity contribution in [3.63, 3.8) is 0 Å². The summed E-state index contributed by atoms with van der Waals surface area (Å²) in [6, 6.07) is 12.2. The monoisotopic (exact) mass is 361 g/mol. The number of para-hydroxylation sites is 1. The van der Waals surface area contributed by atoms with E-state index in [0.29, 0.717) is 6.54 Å². The third-order valence-corrected chi connectivity index (χ3v) is 4.86. The third-order valence-electron chi connectivity index (χ3n) is 4.86. The summed E-state index contributed by atoms with van der Waals surface area (Å²) in [7, 11) is 1.69. The zero-order valence-electron chi connectivity index (χ0n) is 15.6. The fourth-order valence-electron chi connectivity index (χ4n) is 3.36. The molecule has 0 spiro atoms. The van der Waals surface area contributed by atoms with E-state index in [1.807, 2.05) is 24.4 Å². The molecule has 4 rings (SSSR count). The van der Waals surface area contributed by atoms with Gasteiger partial charge in [-0.15, -0.1) is 0 Å². The fraction of sp³-hybridized carbons (Fsp3) is 0.286. The first-order valence-corrected chi connectivity index (χ1v) is 9.10. The highest BCUT2D eigenvalue weighted by Gasteiger charge is 2.22. The summed E-state index contributed by atoms with van der Waals surface area (Å²) in [5.74, 6) is 2.74. The van der Waals surface area contributed by atoms with Gasteiger partial charge in [0.05, 0.1) is 12.8 Å². The zero-order chi connectivity index (χ0) is 18.6. The largest absolute Gasteiger partial charge is 0.496 e. The van der Waals surface area contributed by atoms with E-state index in [9.17, 15) is 0 Å². The number of methoxy groups -OCH3 is 1. The Morgan fingerprint density at radius 1 is 1.11 bits per heavy atom. The van der Waals surface area contributed by atoms with Gasteiger partial charge in [-0.1, -0.05) is 24.3 Å². The summed E-state index contributed by atoms with van der Waals surface area (Å²) in [6.07, 6.45) is 4.44. The number of aromatic nitrogens is 3. The lowest BCUT2D eigenvalue weighted by Gasteiger charge is -2.30. The SMILES string of the molecule is COc1ccccc1CNc1ncnc2c1CN(c1ccc(C)cn1)CC2. The van der Waals surface area contributed by atoms with Crippen molar-refractivity contribution in [2.24, 2.45) is 0 Å². The number of benzene rings is 1. The molecular weight excluding hydrogens is 338 g/mol. The van der Waals surface area contributed by atoms with E-state index in [-0.39, 0.29) is 0 Å². The van der Waals surface area contributed by atoms with Gasteiger partial charge in [-0.3, -0.25) is 0 Å². The Hall–Kier alpha value is -3.15. The molecule has 0 atom stereocenters. The molecule has 0 fully saturated rings. The highest BCUT2D eigenvalue weighted by molar-refractivity contribution is 5.52. The van der Waals surface area contributed by atoms with Gasteiger partial charge in [0.25, 0.3) is 0 Å². The molecule has 0 radical (unpaired) electrons. The maximum atomic E-state index is 5.44. The van der Waals surface area contributed by atoms with E-state index in [1.165, 1.54) is 5.56 Å². The Morgan fingerprint density at radius 2 is 2.00 bits per heavy atom. The molecule has 3 heterocycles. The van der Waals surface area contributed by atoms with Crippen molar-refractivity contribution in [3.8, 4) is 5.75 Å². The van der Waals surface area contributed by atoms with Gasteiger partial charge in [0.15, 0.2) is 0 Å². The van der Waals surface area contributed by atoms with Crippen LogP contribution in [0.2, 0.25) is 0 Å². The van der Waals surface area contributed by atoms with Crippen LogP contribution in [0.3, 0.4) is 0 Å². The fourth-order valence-corrected chi connectivity index (χ4v) is 3.36. The molecule has 0 amide bonds. The summed E-state index contributed by atoms with van der Waals surface area (Å²) in [5.41, 5.74) is 4.51. The maximum absolute atomic E-state index is 5.44. The molecular formula is C21H23N5O. The number of aryl methyl sites for hydroxylation is 1. The normalized spacial score (nSPS) is 13.2. The summed E-state index contributed by atoms with van der Waals surface area (Å²) >= 11 is 0. The zero-order valence-corrected chi connectivity index (χ0v) is 15.6. The van der Waals surface area contributed by atoms with Crippen LogP contribution in [0.1, 0.15) is 22.4 Å². The van der Waals surface area contributed by atoms with E-state index in [2.05, 4.69) is 50.3 Å². The summed E-state index contributed by atoms with van der Waals surface area (Å²) in [6.45, 7) is 4.36. The van der Waals surface area contributed by atoms with Crippen molar-refractivity contribution in [1.29, 1.82) is 0 Å². The lowest BCUT2D eigenvalue weighted by Crippen LogP contribution is -2.32. The second kappa shape index (κ2) is 7.61. The van der Waals surface area contributed by atoms with Gasteiger partial charge < -0.3 is 15.0 Å². The van der Waals surface area contributed by atoms with Crippen LogP contribution in [-0.2, 0) is 19.5 Å². The Bertz CT molecular complexity index is 926. The van der Waals surface area contributed by atoms with Gasteiger partial charge in [0, 0.05) is 43.4 Å². The second-order valence-corrected chi connectivity index (χ2v) is 6.68. The number of rotatable bonds is 5. The van der Waals surface area contributed by atoms with Gasteiger partial charge in [-0.05, 0) is 24.6 Å². The molecule has 1 N–H and O–H groups in total. The number of pyridine rings is 1. The average Bonchev–Trinajstić information content (AvgIpc) is 2.72. The molecule has 138 valence electrons. The van der Waals surface area contributed by atoms with Crippen LogP contribution >= 0.6 is 0 Å². The standard InChI is InChI=1S/C21H23N5O/c1-15-7-8-20(22-11-15)26-10-9-18-17(13-26)21(25-14-24-18)23-12-16-5-3-4-6-19(16)27-2/h3-8,11,14H,9-10,12-13H2,1-2H3,(H,23,24,25). The molecule has 1 aliphatic heterocycles. The van der Waals surface area contributed by atoms with Crippen molar-refractivity contribution in [2.45, 2.75) is 26.4 Å². The smallest absolute Gasteiger partial charge is 0.134 e. The number of hydrogen-bond donors (Lipinski definition) is 1. The van der Waals surface area contributed by atoms with Gasteiger partial charge in [0.2, 0.25) is 0 Å². The number of ether oxygens (including phenoxy) is 1. The Morgan fingerprint density at radius 3 is 2.81 bits per heavy atom. The summed E-state index contributed by atoms with van der Waals surface area (Å²) in [5, 5.41) is 3.47. The quantitative estimate of drug-likeness (QED) is 0.752. The number of nitrogens with one attached hydrogen (secondary N) is 1. The predicted octanol–water partition coefficient (Wildman–Crippen LogP) is 3.36. The van der Waals surface area contributed by atoms with E-state index in [0.717, 1.165) is 53.7 Å². The first-order chi connectivity index (χ1) is 13.2. The minimum absolute atomic E-state index is 0.649. The van der Waals surface area contributed by atoms with Crippen molar-refractivity contribution in [1.82, 2.24) is 15.0 Å². The van der Waals surface area contributed by atoms with Crippen LogP contribution in [0.25, 0.3) is 0 Å². The molecule has 27 heavy (non-hydrogen) atoms. The third kappa shape index (κ3) is 3.69. The molecule has 0 saturated heterocycles. The van der Waals surface area contributed by atoms with E-state index < -0.39 is 0 Å². The summed E-state index contributed by atoms with van der Waals surface area (Å²) in [4.78, 5) is 15.8. The highest BCUT2D eigenvalue weighted by atomic mass is 16.5. The number of nitrogens with zero attached hydrogens (tertiary/aromatic N) is 4.